The maximum Gasteiger partial charge on any atom is 0.351 e. The van der Waals surface area contributed by atoms with Gasteiger partial charge in [-0.05, 0) is 67.2 Å². The molecule has 2 atom stereocenters. The highest BCUT2D eigenvalue weighted by Gasteiger charge is 2.35. The quantitative estimate of drug-likeness (QED) is 0.410. The maximum atomic E-state index is 12.3. The molecule has 0 spiro atoms. The first-order valence-electron chi connectivity index (χ1n) is 10.1. The van der Waals surface area contributed by atoms with Gasteiger partial charge in [0.15, 0.2) is 11.1 Å². The average molecular weight is 415 g/mol. The fraction of sp³-hybridized carbons (Fsp3) is 0.636. The Morgan fingerprint density at radius 3 is 1.40 bits per heavy atom. The Bertz CT molecular complexity index is 788. The first kappa shape index (κ1) is 23.3. The minimum Gasteiger partial charge on any atom is -0.456 e. The number of ether oxygens (including phenoxy) is 2. The van der Waals surface area contributed by atoms with Crippen molar-refractivity contribution in [3.63, 3.8) is 0 Å². The largest absolute Gasteiger partial charge is 0.456 e. The molecule has 2 aliphatic heterocycles. The zero-order valence-corrected chi connectivity index (χ0v) is 18.5. The van der Waals surface area contributed by atoms with Gasteiger partial charge in [0.2, 0.25) is 0 Å². The first-order chi connectivity index (χ1) is 13.8. The molecule has 2 fully saturated rings. The predicted molar refractivity (Wildman–Crippen MR) is 109 cm³/mol. The molecule has 0 aliphatic carbocycles. The fourth-order valence-electron chi connectivity index (χ4n) is 3.46. The van der Waals surface area contributed by atoms with E-state index in [1.165, 1.54) is 0 Å². The molecule has 0 aromatic rings. The number of nitrogens with zero attached hydrogens (tertiary/aromatic N) is 2. The van der Waals surface area contributed by atoms with Crippen LogP contribution in [0.2, 0.25) is 0 Å². The van der Waals surface area contributed by atoms with E-state index in [4.69, 9.17) is 9.47 Å². The minimum absolute atomic E-state index is 0.00680. The number of allylic oxidation sites excluding steroid dienone is 2. The normalized spacial score (nSPS) is 24.7. The van der Waals surface area contributed by atoms with Crippen LogP contribution in [-0.4, -0.2) is 35.2 Å². The molecular formula is C22H30N4O4. The van der Waals surface area contributed by atoms with Gasteiger partial charge in [0.1, 0.15) is 23.3 Å². The van der Waals surface area contributed by atoms with Crippen LogP contribution in [0, 0.1) is 22.7 Å². The highest BCUT2D eigenvalue weighted by molar-refractivity contribution is 5.94. The lowest BCUT2D eigenvalue weighted by Gasteiger charge is -2.22. The van der Waals surface area contributed by atoms with E-state index in [0.29, 0.717) is 24.2 Å². The summed E-state index contributed by atoms with van der Waals surface area (Å²) < 4.78 is 10.6. The monoisotopic (exact) mass is 414 g/mol. The Morgan fingerprint density at radius 2 is 1.13 bits per heavy atom. The van der Waals surface area contributed by atoms with Gasteiger partial charge in [-0.25, -0.2) is 9.59 Å². The number of nitriles is 2. The van der Waals surface area contributed by atoms with E-state index in [0.717, 1.165) is 12.8 Å². The van der Waals surface area contributed by atoms with Gasteiger partial charge in [0, 0.05) is 23.5 Å². The van der Waals surface area contributed by atoms with E-state index < -0.39 is 23.1 Å². The third kappa shape index (κ3) is 6.00. The van der Waals surface area contributed by atoms with Crippen LogP contribution in [0.3, 0.4) is 0 Å². The molecule has 8 heteroatoms. The molecule has 0 radical (unpaired) electrons. The number of esters is 2. The Hall–Kier alpha value is -3.00. The Labute approximate surface area is 177 Å². The second-order valence-electron chi connectivity index (χ2n) is 9.51. The van der Waals surface area contributed by atoms with Gasteiger partial charge in [-0.3, -0.25) is 0 Å². The van der Waals surface area contributed by atoms with Crippen LogP contribution in [0.5, 0.6) is 0 Å². The number of rotatable bonds is 3. The third-order valence-electron chi connectivity index (χ3n) is 4.65. The second-order valence-corrected chi connectivity index (χ2v) is 9.51. The van der Waals surface area contributed by atoms with Crippen LogP contribution in [-0.2, 0) is 19.1 Å². The van der Waals surface area contributed by atoms with E-state index in [9.17, 15) is 20.1 Å². The van der Waals surface area contributed by atoms with Crippen LogP contribution in [0.1, 0.15) is 67.2 Å². The molecule has 30 heavy (non-hydrogen) atoms. The van der Waals surface area contributed by atoms with Crippen LogP contribution in [0.25, 0.3) is 0 Å². The lowest BCUT2D eigenvalue weighted by atomic mass is 10.0. The van der Waals surface area contributed by atoms with E-state index in [-0.39, 0.29) is 23.2 Å². The topological polar surface area (TPSA) is 124 Å². The molecule has 0 aromatic heterocycles. The third-order valence-corrected chi connectivity index (χ3v) is 4.65. The average Bonchev–Trinajstić information content (AvgIpc) is 3.22. The van der Waals surface area contributed by atoms with Crippen molar-refractivity contribution in [1.82, 2.24) is 10.6 Å². The maximum absolute atomic E-state index is 12.3. The van der Waals surface area contributed by atoms with Crippen LogP contribution < -0.4 is 10.6 Å². The van der Waals surface area contributed by atoms with Crippen molar-refractivity contribution in [1.29, 1.82) is 10.5 Å². The van der Waals surface area contributed by atoms with Crippen molar-refractivity contribution in [2.75, 3.05) is 0 Å². The molecule has 0 saturated carbocycles. The smallest absolute Gasteiger partial charge is 0.351 e. The summed E-state index contributed by atoms with van der Waals surface area (Å²) in [5.74, 6) is -1.27. The number of carbonyl (C=O) groups is 2. The lowest BCUT2D eigenvalue weighted by molar-refractivity contribution is -0.150. The van der Waals surface area contributed by atoms with Gasteiger partial charge in [0.25, 0.3) is 0 Å². The van der Waals surface area contributed by atoms with Gasteiger partial charge in [-0.1, -0.05) is 0 Å². The predicted octanol–water partition coefficient (Wildman–Crippen LogP) is 2.73. The summed E-state index contributed by atoms with van der Waals surface area (Å²) in [6, 6.07) is 3.87. The highest BCUT2D eigenvalue weighted by atomic mass is 16.6. The zero-order valence-electron chi connectivity index (χ0n) is 18.5. The summed E-state index contributed by atoms with van der Waals surface area (Å²) in [5, 5.41) is 25.4. The molecule has 2 heterocycles. The van der Waals surface area contributed by atoms with E-state index >= 15 is 0 Å². The Morgan fingerprint density at radius 1 is 0.800 bits per heavy atom. The second kappa shape index (κ2) is 8.79. The van der Waals surface area contributed by atoms with E-state index in [1.54, 1.807) is 41.5 Å². The minimum atomic E-state index is -0.681. The van der Waals surface area contributed by atoms with Gasteiger partial charge in [-0.2, -0.15) is 10.5 Å². The Kier molecular flexibility index (Phi) is 6.82. The molecule has 0 aromatic carbocycles. The van der Waals surface area contributed by atoms with E-state index in [2.05, 4.69) is 10.6 Å². The number of hydrogen-bond donors (Lipinski definition) is 2. The molecule has 2 rings (SSSR count). The van der Waals surface area contributed by atoms with Crippen molar-refractivity contribution in [3.8, 4) is 12.1 Å². The van der Waals surface area contributed by atoms with E-state index in [1.807, 2.05) is 12.1 Å². The SMILES string of the molecule is CC(C)(C)OC(=O)C(C#N)=C1CCC(C2CCC(=C(C#N)C(=O)OC(C)(C)C)N2)N1. The first-order valence-corrected chi connectivity index (χ1v) is 10.1. The van der Waals surface area contributed by atoms with Crippen molar-refractivity contribution >= 4 is 11.9 Å². The summed E-state index contributed by atoms with van der Waals surface area (Å²) in [6.45, 7) is 10.5. The summed E-state index contributed by atoms with van der Waals surface area (Å²) in [4.78, 5) is 24.6. The zero-order chi connectivity index (χ0) is 22.7. The summed E-state index contributed by atoms with van der Waals surface area (Å²) >= 11 is 0. The van der Waals surface area contributed by atoms with Crippen molar-refractivity contribution in [2.24, 2.45) is 0 Å². The molecule has 2 N–H and O–H groups in total. The molecule has 0 amide bonds. The molecule has 162 valence electrons. The molecule has 2 aliphatic rings. The summed E-state index contributed by atoms with van der Waals surface area (Å²) in [5.41, 5.74) is -0.229. The van der Waals surface area contributed by atoms with Crippen molar-refractivity contribution < 1.29 is 19.1 Å². The number of carbonyl (C=O) groups excluding carboxylic acids is 2. The van der Waals surface area contributed by atoms with Crippen LogP contribution >= 0.6 is 0 Å². The van der Waals surface area contributed by atoms with Crippen molar-refractivity contribution in [2.45, 2.75) is 90.5 Å². The van der Waals surface area contributed by atoms with Gasteiger partial charge in [-0.15, -0.1) is 0 Å². The van der Waals surface area contributed by atoms with Gasteiger partial charge >= 0.3 is 11.9 Å². The summed E-state index contributed by atoms with van der Waals surface area (Å²) in [6.07, 6.45) is 2.56. The van der Waals surface area contributed by atoms with Crippen LogP contribution in [0.4, 0.5) is 0 Å². The fourth-order valence-corrected chi connectivity index (χ4v) is 3.46. The molecule has 8 nitrogen and oxygen atoms in total. The standard InChI is InChI=1S/C22H30N4O4/c1-21(2,3)29-19(27)13(11-23)15-7-9-17(25-15)18-10-8-16(26-18)14(12-24)20(28)30-22(4,5)6/h17-18,25-26H,7-10H2,1-6H3. The lowest BCUT2D eigenvalue weighted by Crippen LogP contribution is -2.41. The summed E-state index contributed by atoms with van der Waals surface area (Å²) in [7, 11) is 0. The molecule has 2 saturated heterocycles. The number of nitrogens with one attached hydrogen (secondary N) is 2. The van der Waals surface area contributed by atoms with Crippen LogP contribution in [0.15, 0.2) is 22.5 Å². The number of hydrogen-bond acceptors (Lipinski definition) is 8. The molecule has 2 unspecified atom stereocenters. The van der Waals surface area contributed by atoms with Gasteiger partial charge in [0.05, 0.1) is 0 Å². The van der Waals surface area contributed by atoms with Gasteiger partial charge < -0.3 is 20.1 Å². The highest BCUT2D eigenvalue weighted by Crippen LogP contribution is 2.29. The molecular weight excluding hydrogens is 384 g/mol. The molecule has 0 bridgehead atoms. The Balaban J connectivity index is 2.11. The van der Waals surface area contributed by atoms with Crippen molar-refractivity contribution in [3.05, 3.63) is 22.5 Å².